The summed E-state index contributed by atoms with van der Waals surface area (Å²) in [5.74, 6) is 1.67. The molecule has 2 atom stereocenters. The summed E-state index contributed by atoms with van der Waals surface area (Å²) in [6.45, 7) is 6.89. The fourth-order valence-electron chi connectivity index (χ4n) is 4.56. The van der Waals surface area contributed by atoms with Gasteiger partial charge < -0.3 is 16.4 Å². The maximum atomic E-state index is 11.6. The van der Waals surface area contributed by atoms with Crippen LogP contribution in [0.1, 0.15) is 43.1 Å². The van der Waals surface area contributed by atoms with Crippen molar-refractivity contribution in [1.29, 1.82) is 0 Å². The molecule has 0 saturated carbocycles. The highest BCUT2D eigenvalue weighted by molar-refractivity contribution is 5.80. The molecule has 1 aromatic heterocycles. The van der Waals surface area contributed by atoms with E-state index in [1.165, 1.54) is 11.1 Å². The number of nitrogens with two attached hydrogens (primary N) is 1. The summed E-state index contributed by atoms with van der Waals surface area (Å²) in [6.07, 6.45) is 5.49. The molecule has 4 N–H and O–H groups in total. The molecule has 3 heterocycles. The van der Waals surface area contributed by atoms with Crippen molar-refractivity contribution in [3.05, 3.63) is 47.5 Å². The first-order valence-electron chi connectivity index (χ1n) is 11.6. The van der Waals surface area contributed by atoms with Crippen LogP contribution in [0.4, 0.5) is 0 Å². The number of aliphatic imine (C=N–C) groups is 1. The molecule has 0 spiro atoms. The SMILES string of the molecule is CCNC(=NCc1cccc(CN2CCCC(C(N)=O)C2)c1)NC1CCc2ncnn2C1. The van der Waals surface area contributed by atoms with Gasteiger partial charge in [0.15, 0.2) is 5.96 Å². The Kier molecular flexibility index (Phi) is 7.36. The maximum Gasteiger partial charge on any atom is 0.221 e. The van der Waals surface area contributed by atoms with E-state index in [2.05, 4.69) is 56.8 Å². The van der Waals surface area contributed by atoms with Crippen LogP contribution in [0.3, 0.4) is 0 Å². The van der Waals surface area contributed by atoms with Crippen LogP contribution in [0.2, 0.25) is 0 Å². The number of aryl methyl sites for hydroxylation is 1. The molecule has 4 rings (SSSR count). The molecular formula is C23H34N8O. The van der Waals surface area contributed by atoms with Gasteiger partial charge in [0.2, 0.25) is 5.91 Å². The molecule has 0 aliphatic carbocycles. The quantitative estimate of drug-likeness (QED) is 0.440. The first kappa shape index (κ1) is 22.3. The molecule has 9 heteroatoms. The number of hydrogen-bond acceptors (Lipinski definition) is 5. The number of guanidine groups is 1. The number of amides is 1. The number of carbonyl (C=O) groups is 1. The highest BCUT2D eigenvalue weighted by atomic mass is 16.1. The van der Waals surface area contributed by atoms with Gasteiger partial charge in [-0.3, -0.25) is 9.69 Å². The number of rotatable bonds is 7. The second-order valence-electron chi connectivity index (χ2n) is 8.73. The van der Waals surface area contributed by atoms with Crippen molar-refractivity contribution in [3.63, 3.8) is 0 Å². The zero-order chi connectivity index (χ0) is 22.3. The molecule has 2 unspecified atom stereocenters. The zero-order valence-electron chi connectivity index (χ0n) is 18.8. The van der Waals surface area contributed by atoms with Gasteiger partial charge in [0.25, 0.3) is 0 Å². The van der Waals surface area contributed by atoms with Crippen LogP contribution in [0.15, 0.2) is 35.6 Å². The molecule has 172 valence electrons. The van der Waals surface area contributed by atoms with Gasteiger partial charge in [0.05, 0.1) is 19.0 Å². The van der Waals surface area contributed by atoms with E-state index in [1.807, 2.05) is 4.68 Å². The van der Waals surface area contributed by atoms with Crippen LogP contribution in [-0.2, 0) is 30.8 Å². The van der Waals surface area contributed by atoms with Crippen LogP contribution >= 0.6 is 0 Å². The normalized spacial score (nSPS) is 21.7. The smallest absolute Gasteiger partial charge is 0.221 e. The summed E-state index contributed by atoms with van der Waals surface area (Å²) in [5.41, 5.74) is 7.94. The zero-order valence-corrected chi connectivity index (χ0v) is 18.8. The first-order chi connectivity index (χ1) is 15.6. The number of likely N-dealkylation sites (tertiary alicyclic amines) is 1. The summed E-state index contributed by atoms with van der Waals surface area (Å²) in [4.78, 5) is 23.0. The number of hydrogen-bond donors (Lipinski definition) is 3. The van der Waals surface area contributed by atoms with Gasteiger partial charge in [0, 0.05) is 32.1 Å². The largest absolute Gasteiger partial charge is 0.369 e. The molecule has 1 aromatic carbocycles. The lowest BCUT2D eigenvalue weighted by atomic mass is 9.97. The van der Waals surface area contributed by atoms with Gasteiger partial charge in [-0.15, -0.1) is 0 Å². The van der Waals surface area contributed by atoms with Gasteiger partial charge >= 0.3 is 0 Å². The summed E-state index contributed by atoms with van der Waals surface area (Å²) in [5, 5.41) is 11.2. The van der Waals surface area contributed by atoms with Crippen LogP contribution < -0.4 is 16.4 Å². The summed E-state index contributed by atoms with van der Waals surface area (Å²) in [7, 11) is 0. The monoisotopic (exact) mass is 438 g/mol. The molecular weight excluding hydrogens is 404 g/mol. The lowest BCUT2D eigenvalue weighted by Crippen LogP contribution is -2.47. The third-order valence-corrected chi connectivity index (χ3v) is 6.22. The molecule has 1 amide bonds. The Morgan fingerprint density at radius 2 is 2.16 bits per heavy atom. The molecule has 2 aliphatic rings. The lowest BCUT2D eigenvalue weighted by Gasteiger charge is -2.31. The van der Waals surface area contributed by atoms with Crippen LogP contribution in [-0.4, -0.2) is 57.2 Å². The fourth-order valence-corrected chi connectivity index (χ4v) is 4.56. The van der Waals surface area contributed by atoms with Crippen molar-refractivity contribution in [2.45, 2.75) is 58.3 Å². The predicted octanol–water partition coefficient (Wildman–Crippen LogP) is 1.05. The molecule has 2 aliphatic heterocycles. The average Bonchev–Trinajstić information content (AvgIpc) is 3.26. The van der Waals surface area contributed by atoms with E-state index in [9.17, 15) is 4.79 Å². The standard InChI is InChI=1S/C23H34N8O/c1-2-25-23(29-20-8-9-21-27-16-28-31(21)15-20)26-12-17-5-3-6-18(11-17)13-30-10-4-7-19(14-30)22(24)32/h3,5-6,11,16,19-20H,2,4,7-10,12-15H2,1H3,(H2,24,32)(H2,25,26,29). The van der Waals surface area contributed by atoms with Gasteiger partial charge in [-0.2, -0.15) is 5.10 Å². The third kappa shape index (κ3) is 5.85. The van der Waals surface area contributed by atoms with E-state index in [4.69, 9.17) is 10.7 Å². The minimum Gasteiger partial charge on any atom is -0.369 e. The highest BCUT2D eigenvalue weighted by Crippen LogP contribution is 2.19. The number of fused-ring (bicyclic) bond motifs is 1. The van der Waals surface area contributed by atoms with E-state index in [-0.39, 0.29) is 17.9 Å². The Balaban J connectivity index is 1.35. The molecule has 1 fully saturated rings. The lowest BCUT2D eigenvalue weighted by molar-refractivity contribution is -0.123. The van der Waals surface area contributed by atoms with Crippen molar-refractivity contribution in [1.82, 2.24) is 30.3 Å². The van der Waals surface area contributed by atoms with Gasteiger partial charge in [0.1, 0.15) is 12.2 Å². The first-order valence-corrected chi connectivity index (χ1v) is 11.6. The number of benzene rings is 1. The molecule has 0 radical (unpaired) electrons. The van der Waals surface area contributed by atoms with Crippen LogP contribution in [0, 0.1) is 5.92 Å². The second-order valence-corrected chi connectivity index (χ2v) is 8.73. The Morgan fingerprint density at radius 1 is 1.28 bits per heavy atom. The number of aromatic nitrogens is 3. The van der Waals surface area contributed by atoms with Crippen molar-refractivity contribution in [2.24, 2.45) is 16.6 Å². The van der Waals surface area contributed by atoms with Crippen molar-refractivity contribution in [3.8, 4) is 0 Å². The summed E-state index contributed by atoms with van der Waals surface area (Å²) < 4.78 is 1.97. The van der Waals surface area contributed by atoms with E-state index >= 15 is 0 Å². The van der Waals surface area contributed by atoms with Gasteiger partial charge in [-0.05, 0) is 43.9 Å². The van der Waals surface area contributed by atoms with E-state index in [0.717, 1.165) is 70.2 Å². The highest BCUT2D eigenvalue weighted by Gasteiger charge is 2.24. The van der Waals surface area contributed by atoms with Crippen LogP contribution in [0.25, 0.3) is 0 Å². The van der Waals surface area contributed by atoms with Crippen molar-refractivity contribution >= 4 is 11.9 Å². The Hall–Kier alpha value is -2.94. The number of piperidine rings is 1. The number of nitrogens with zero attached hydrogens (tertiary/aromatic N) is 5. The molecule has 2 aromatic rings. The number of nitrogens with one attached hydrogen (secondary N) is 2. The Labute approximate surface area is 189 Å². The predicted molar refractivity (Wildman–Crippen MR) is 124 cm³/mol. The molecule has 0 bridgehead atoms. The third-order valence-electron chi connectivity index (χ3n) is 6.22. The minimum atomic E-state index is -0.181. The average molecular weight is 439 g/mol. The van der Waals surface area contributed by atoms with E-state index in [1.54, 1.807) is 6.33 Å². The topological polar surface area (TPSA) is 113 Å². The number of primary amides is 1. The summed E-state index contributed by atoms with van der Waals surface area (Å²) >= 11 is 0. The van der Waals surface area contributed by atoms with Crippen LogP contribution in [0.5, 0.6) is 0 Å². The minimum absolute atomic E-state index is 0.0290. The molecule has 9 nitrogen and oxygen atoms in total. The number of carbonyl (C=O) groups excluding carboxylic acids is 1. The van der Waals surface area contributed by atoms with E-state index < -0.39 is 0 Å². The van der Waals surface area contributed by atoms with Crippen molar-refractivity contribution < 1.29 is 4.79 Å². The molecule has 32 heavy (non-hydrogen) atoms. The molecule has 1 saturated heterocycles. The Morgan fingerprint density at radius 3 is 3.00 bits per heavy atom. The van der Waals surface area contributed by atoms with Gasteiger partial charge in [-0.1, -0.05) is 24.3 Å². The van der Waals surface area contributed by atoms with Gasteiger partial charge in [-0.25, -0.2) is 14.7 Å². The maximum absolute atomic E-state index is 11.6. The second kappa shape index (κ2) is 10.6. The van der Waals surface area contributed by atoms with Crippen molar-refractivity contribution in [2.75, 3.05) is 19.6 Å². The van der Waals surface area contributed by atoms with E-state index in [0.29, 0.717) is 6.54 Å². The fraction of sp³-hybridized carbons (Fsp3) is 0.565. The summed E-state index contributed by atoms with van der Waals surface area (Å²) in [6, 6.07) is 8.83. The Bertz CT molecular complexity index is 940.